The SMILES string of the molecule is CCn1cncc1CNC(C)C1CC2CCC1C2. The van der Waals surface area contributed by atoms with E-state index in [-0.39, 0.29) is 0 Å². The first-order valence-corrected chi connectivity index (χ1v) is 7.50. The van der Waals surface area contributed by atoms with Gasteiger partial charge in [-0.3, -0.25) is 0 Å². The molecule has 1 aromatic heterocycles. The van der Waals surface area contributed by atoms with E-state index in [2.05, 4.69) is 28.7 Å². The second-order valence-corrected chi connectivity index (χ2v) is 6.18. The van der Waals surface area contributed by atoms with Gasteiger partial charge in [0.15, 0.2) is 0 Å². The standard InChI is InChI=1S/C15H25N3/c1-3-18-10-16-8-14(18)9-17-11(2)15-7-12-4-5-13(15)6-12/h8,10-13,15,17H,3-7,9H2,1-2H3. The number of nitrogens with zero attached hydrogens (tertiary/aromatic N) is 2. The van der Waals surface area contributed by atoms with Gasteiger partial charge in [-0.15, -0.1) is 0 Å². The van der Waals surface area contributed by atoms with Crippen LogP contribution in [0, 0.1) is 17.8 Å². The number of nitrogens with one attached hydrogen (secondary N) is 1. The van der Waals surface area contributed by atoms with Crippen molar-refractivity contribution in [2.75, 3.05) is 0 Å². The van der Waals surface area contributed by atoms with Gasteiger partial charge in [0.2, 0.25) is 0 Å². The molecule has 2 fully saturated rings. The third kappa shape index (κ3) is 2.20. The molecule has 2 aliphatic carbocycles. The first-order valence-electron chi connectivity index (χ1n) is 7.50. The van der Waals surface area contributed by atoms with E-state index < -0.39 is 0 Å². The lowest BCUT2D eigenvalue weighted by molar-refractivity contribution is 0.258. The maximum atomic E-state index is 4.23. The maximum Gasteiger partial charge on any atom is 0.0948 e. The topological polar surface area (TPSA) is 29.9 Å². The first kappa shape index (κ1) is 12.2. The van der Waals surface area contributed by atoms with Crippen molar-refractivity contribution >= 4 is 0 Å². The smallest absolute Gasteiger partial charge is 0.0948 e. The molecule has 0 amide bonds. The molecule has 1 N–H and O–H groups in total. The Morgan fingerprint density at radius 2 is 2.33 bits per heavy atom. The van der Waals surface area contributed by atoms with E-state index in [9.17, 15) is 0 Å². The zero-order chi connectivity index (χ0) is 12.5. The van der Waals surface area contributed by atoms with Gasteiger partial charge >= 0.3 is 0 Å². The number of rotatable bonds is 5. The Morgan fingerprint density at radius 1 is 1.44 bits per heavy atom. The molecule has 3 nitrogen and oxygen atoms in total. The van der Waals surface area contributed by atoms with Crippen molar-refractivity contribution in [2.24, 2.45) is 17.8 Å². The molecule has 4 atom stereocenters. The van der Waals surface area contributed by atoms with Crippen LogP contribution in [0.2, 0.25) is 0 Å². The molecule has 3 rings (SSSR count). The number of aryl methyl sites for hydroxylation is 1. The number of hydrogen-bond donors (Lipinski definition) is 1. The number of hydrogen-bond acceptors (Lipinski definition) is 2. The predicted molar refractivity (Wildman–Crippen MR) is 73.1 cm³/mol. The highest BCUT2D eigenvalue weighted by atomic mass is 15.1. The van der Waals surface area contributed by atoms with Gasteiger partial charge in [-0.25, -0.2) is 4.98 Å². The van der Waals surface area contributed by atoms with Crippen molar-refractivity contribution in [1.29, 1.82) is 0 Å². The molecular formula is C15H25N3. The Kier molecular flexibility index (Phi) is 3.42. The first-order chi connectivity index (χ1) is 8.78. The van der Waals surface area contributed by atoms with Crippen LogP contribution in [0.5, 0.6) is 0 Å². The average Bonchev–Trinajstić information content (AvgIpc) is 3.10. The van der Waals surface area contributed by atoms with Gasteiger partial charge in [0, 0.05) is 25.3 Å². The van der Waals surface area contributed by atoms with Crippen LogP contribution in [0.4, 0.5) is 0 Å². The van der Waals surface area contributed by atoms with Crippen molar-refractivity contribution < 1.29 is 0 Å². The van der Waals surface area contributed by atoms with Crippen LogP contribution in [0.25, 0.3) is 0 Å². The number of aromatic nitrogens is 2. The van der Waals surface area contributed by atoms with Crippen molar-refractivity contribution in [3.8, 4) is 0 Å². The highest BCUT2D eigenvalue weighted by molar-refractivity contribution is 4.99. The summed E-state index contributed by atoms with van der Waals surface area (Å²) in [6, 6.07) is 0.653. The van der Waals surface area contributed by atoms with Crippen molar-refractivity contribution in [2.45, 2.75) is 58.7 Å². The fourth-order valence-electron chi connectivity index (χ4n) is 4.10. The van der Waals surface area contributed by atoms with E-state index in [4.69, 9.17) is 0 Å². The molecule has 100 valence electrons. The summed E-state index contributed by atoms with van der Waals surface area (Å²) in [5.41, 5.74) is 1.31. The van der Waals surface area contributed by atoms with Crippen LogP contribution in [0.15, 0.2) is 12.5 Å². The lowest BCUT2D eigenvalue weighted by Gasteiger charge is -2.28. The van der Waals surface area contributed by atoms with Crippen LogP contribution < -0.4 is 5.32 Å². The van der Waals surface area contributed by atoms with Crippen LogP contribution >= 0.6 is 0 Å². The summed E-state index contributed by atoms with van der Waals surface area (Å²) in [7, 11) is 0. The Morgan fingerprint density at radius 3 is 3.00 bits per heavy atom. The Labute approximate surface area is 110 Å². The van der Waals surface area contributed by atoms with E-state index in [1.54, 1.807) is 0 Å². The van der Waals surface area contributed by atoms with E-state index in [0.717, 1.165) is 30.8 Å². The molecule has 3 heteroatoms. The Bertz CT molecular complexity index is 398. The normalized spacial score (nSPS) is 32.0. The Balaban J connectivity index is 1.54. The monoisotopic (exact) mass is 247 g/mol. The van der Waals surface area contributed by atoms with E-state index in [0.29, 0.717) is 6.04 Å². The van der Waals surface area contributed by atoms with Gasteiger partial charge < -0.3 is 9.88 Å². The fraction of sp³-hybridized carbons (Fsp3) is 0.800. The third-order valence-corrected chi connectivity index (χ3v) is 5.18. The molecule has 1 heterocycles. The van der Waals surface area contributed by atoms with Gasteiger partial charge in [0.05, 0.1) is 12.0 Å². The van der Waals surface area contributed by atoms with Gasteiger partial charge in [-0.1, -0.05) is 6.42 Å². The van der Waals surface area contributed by atoms with Gasteiger partial charge in [0.1, 0.15) is 0 Å². The minimum absolute atomic E-state index is 0.653. The van der Waals surface area contributed by atoms with E-state index in [1.807, 2.05) is 12.5 Å². The van der Waals surface area contributed by atoms with Gasteiger partial charge in [-0.2, -0.15) is 0 Å². The second kappa shape index (κ2) is 5.04. The molecule has 2 bridgehead atoms. The molecule has 0 aliphatic heterocycles. The van der Waals surface area contributed by atoms with E-state index in [1.165, 1.54) is 31.4 Å². The highest BCUT2D eigenvalue weighted by Gasteiger charge is 2.41. The second-order valence-electron chi connectivity index (χ2n) is 6.18. The lowest BCUT2D eigenvalue weighted by Crippen LogP contribution is -2.36. The minimum atomic E-state index is 0.653. The summed E-state index contributed by atoms with van der Waals surface area (Å²) < 4.78 is 2.22. The van der Waals surface area contributed by atoms with Gasteiger partial charge in [-0.05, 0) is 50.9 Å². The largest absolute Gasteiger partial charge is 0.334 e. The molecule has 1 aromatic rings. The molecule has 0 saturated heterocycles. The predicted octanol–water partition coefficient (Wildman–Crippen LogP) is 2.82. The number of imidazole rings is 1. The lowest BCUT2D eigenvalue weighted by atomic mass is 9.84. The van der Waals surface area contributed by atoms with Gasteiger partial charge in [0.25, 0.3) is 0 Å². The molecule has 0 aromatic carbocycles. The number of fused-ring (bicyclic) bond motifs is 2. The van der Waals surface area contributed by atoms with Crippen LogP contribution in [-0.2, 0) is 13.1 Å². The fourth-order valence-corrected chi connectivity index (χ4v) is 4.10. The van der Waals surface area contributed by atoms with Crippen molar-refractivity contribution in [3.63, 3.8) is 0 Å². The summed E-state index contributed by atoms with van der Waals surface area (Å²) in [6.45, 7) is 6.52. The molecule has 4 unspecified atom stereocenters. The van der Waals surface area contributed by atoms with Crippen LogP contribution in [-0.4, -0.2) is 15.6 Å². The van der Waals surface area contributed by atoms with Crippen molar-refractivity contribution in [3.05, 3.63) is 18.2 Å². The molecule has 0 radical (unpaired) electrons. The highest BCUT2D eigenvalue weighted by Crippen LogP contribution is 2.49. The molecule has 2 saturated carbocycles. The summed E-state index contributed by atoms with van der Waals surface area (Å²) >= 11 is 0. The molecule has 18 heavy (non-hydrogen) atoms. The maximum absolute atomic E-state index is 4.23. The summed E-state index contributed by atoms with van der Waals surface area (Å²) in [5, 5.41) is 3.73. The summed E-state index contributed by atoms with van der Waals surface area (Å²) in [4.78, 5) is 4.23. The molecule has 0 spiro atoms. The molecule has 2 aliphatic rings. The summed E-state index contributed by atoms with van der Waals surface area (Å²) in [5.74, 6) is 2.97. The van der Waals surface area contributed by atoms with Crippen LogP contribution in [0.1, 0.15) is 45.2 Å². The minimum Gasteiger partial charge on any atom is -0.334 e. The average molecular weight is 247 g/mol. The third-order valence-electron chi connectivity index (χ3n) is 5.18. The zero-order valence-corrected chi connectivity index (χ0v) is 11.6. The molecular weight excluding hydrogens is 222 g/mol. The quantitative estimate of drug-likeness (QED) is 0.867. The van der Waals surface area contributed by atoms with E-state index >= 15 is 0 Å². The summed E-state index contributed by atoms with van der Waals surface area (Å²) in [6.07, 6.45) is 9.86. The Hall–Kier alpha value is -0.830. The zero-order valence-electron chi connectivity index (χ0n) is 11.6. The van der Waals surface area contributed by atoms with Crippen molar-refractivity contribution in [1.82, 2.24) is 14.9 Å². The van der Waals surface area contributed by atoms with Crippen LogP contribution in [0.3, 0.4) is 0 Å².